The van der Waals surface area contributed by atoms with Gasteiger partial charge >= 0.3 is 0 Å². The van der Waals surface area contributed by atoms with Crippen molar-refractivity contribution in [3.8, 4) is 11.5 Å². The molecule has 0 bridgehead atoms. The number of para-hydroxylation sites is 1. The fourth-order valence-corrected chi connectivity index (χ4v) is 3.55. The summed E-state index contributed by atoms with van der Waals surface area (Å²) in [7, 11) is 1.66. The Hall–Kier alpha value is -2.53. The maximum Gasteiger partial charge on any atom is 0.255 e. The van der Waals surface area contributed by atoms with Crippen LogP contribution in [0, 0.1) is 0 Å². The molecule has 2 aromatic carbocycles. The Morgan fingerprint density at radius 2 is 1.81 bits per heavy atom. The first-order valence-corrected chi connectivity index (χ1v) is 9.41. The minimum atomic E-state index is -0.138. The minimum absolute atomic E-state index is 0.113. The second kappa shape index (κ2) is 8.91. The molecule has 27 heavy (non-hydrogen) atoms. The summed E-state index contributed by atoms with van der Waals surface area (Å²) < 4.78 is 16.4. The van der Waals surface area contributed by atoms with Crippen molar-refractivity contribution < 1.29 is 19.0 Å². The zero-order valence-electron chi connectivity index (χ0n) is 16.0. The Kier molecular flexibility index (Phi) is 6.35. The van der Waals surface area contributed by atoms with Crippen LogP contribution in [0.2, 0.25) is 0 Å². The fourth-order valence-electron chi connectivity index (χ4n) is 3.55. The standard InChI is InChI=1S/C22H27NO4/c1-3-27-20-7-5-4-6-19(20)21(24)23-16-22(12-14-26-15-13-22)17-8-10-18(25-2)11-9-17/h4-11H,3,12-16H2,1-2H3,(H,23,24). The van der Waals surface area contributed by atoms with Gasteiger partial charge in [0.2, 0.25) is 0 Å². The summed E-state index contributed by atoms with van der Waals surface area (Å²) in [5.74, 6) is 1.33. The van der Waals surface area contributed by atoms with E-state index in [1.54, 1.807) is 13.2 Å². The highest BCUT2D eigenvalue weighted by atomic mass is 16.5. The van der Waals surface area contributed by atoms with Crippen molar-refractivity contribution in [2.75, 3.05) is 33.5 Å². The molecule has 1 amide bonds. The van der Waals surface area contributed by atoms with Gasteiger partial charge in [-0.15, -0.1) is 0 Å². The highest BCUT2D eigenvalue weighted by Crippen LogP contribution is 2.35. The third-order valence-corrected chi connectivity index (χ3v) is 5.17. The van der Waals surface area contributed by atoms with E-state index >= 15 is 0 Å². The number of hydrogen-bond acceptors (Lipinski definition) is 4. The summed E-state index contributed by atoms with van der Waals surface area (Å²) in [5.41, 5.74) is 1.63. The van der Waals surface area contributed by atoms with Gasteiger partial charge in [0.15, 0.2) is 0 Å². The van der Waals surface area contributed by atoms with E-state index in [1.807, 2.05) is 37.3 Å². The zero-order valence-corrected chi connectivity index (χ0v) is 16.0. The molecule has 1 aliphatic rings. The molecular formula is C22H27NO4. The summed E-state index contributed by atoms with van der Waals surface area (Å²) in [6.07, 6.45) is 1.74. The number of rotatable bonds is 7. The van der Waals surface area contributed by atoms with Gasteiger partial charge in [-0.25, -0.2) is 0 Å². The van der Waals surface area contributed by atoms with Crippen LogP contribution in [0.4, 0.5) is 0 Å². The quantitative estimate of drug-likeness (QED) is 0.811. The average molecular weight is 369 g/mol. The van der Waals surface area contributed by atoms with Crippen molar-refractivity contribution in [2.45, 2.75) is 25.2 Å². The van der Waals surface area contributed by atoms with E-state index < -0.39 is 0 Å². The van der Waals surface area contributed by atoms with Gasteiger partial charge in [0, 0.05) is 25.2 Å². The lowest BCUT2D eigenvalue weighted by atomic mass is 9.74. The molecule has 1 fully saturated rings. The van der Waals surface area contributed by atoms with Crippen LogP contribution in [-0.4, -0.2) is 39.4 Å². The Morgan fingerprint density at radius 1 is 1.11 bits per heavy atom. The fraction of sp³-hybridized carbons (Fsp3) is 0.409. The average Bonchev–Trinajstić information content (AvgIpc) is 2.73. The summed E-state index contributed by atoms with van der Waals surface area (Å²) in [4.78, 5) is 12.8. The van der Waals surface area contributed by atoms with Crippen molar-refractivity contribution in [3.63, 3.8) is 0 Å². The summed E-state index contributed by atoms with van der Waals surface area (Å²) in [5, 5.41) is 3.13. The van der Waals surface area contributed by atoms with Crippen LogP contribution in [0.1, 0.15) is 35.7 Å². The number of amides is 1. The number of nitrogens with one attached hydrogen (secondary N) is 1. The lowest BCUT2D eigenvalue weighted by Gasteiger charge is -2.38. The first kappa shape index (κ1) is 19.2. The number of benzene rings is 2. The molecule has 5 heteroatoms. The molecule has 0 aromatic heterocycles. The molecule has 5 nitrogen and oxygen atoms in total. The highest BCUT2D eigenvalue weighted by Gasteiger charge is 2.35. The van der Waals surface area contributed by atoms with E-state index in [0.29, 0.717) is 37.7 Å². The summed E-state index contributed by atoms with van der Waals surface area (Å²) in [6.45, 7) is 4.38. The molecule has 1 aliphatic heterocycles. The van der Waals surface area contributed by atoms with Crippen molar-refractivity contribution in [3.05, 3.63) is 59.7 Å². The Balaban J connectivity index is 1.78. The number of methoxy groups -OCH3 is 1. The van der Waals surface area contributed by atoms with E-state index in [0.717, 1.165) is 18.6 Å². The van der Waals surface area contributed by atoms with Gasteiger partial charge in [0.1, 0.15) is 11.5 Å². The number of hydrogen-bond donors (Lipinski definition) is 1. The number of carbonyl (C=O) groups is 1. The minimum Gasteiger partial charge on any atom is -0.497 e. The van der Waals surface area contributed by atoms with Crippen LogP contribution in [0.3, 0.4) is 0 Å². The van der Waals surface area contributed by atoms with Crippen molar-refractivity contribution in [2.24, 2.45) is 0 Å². The SMILES string of the molecule is CCOc1ccccc1C(=O)NCC1(c2ccc(OC)cc2)CCOCC1. The van der Waals surface area contributed by atoms with Crippen LogP contribution < -0.4 is 14.8 Å². The molecule has 0 radical (unpaired) electrons. The van der Waals surface area contributed by atoms with Crippen LogP contribution in [0.25, 0.3) is 0 Å². The third-order valence-electron chi connectivity index (χ3n) is 5.17. The molecule has 2 aromatic rings. The van der Waals surface area contributed by atoms with Crippen LogP contribution in [-0.2, 0) is 10.2 Å². The molecule has 3 rings (SSSR count). The van der Waals surface area contributed by atoms with Crippen molar-refractivity contribution in [1.29, 1.82) is 0 Å². The van der Waals surface area contributed by atoms with Gasteiger partial charge < -0.3 is 19.5 Å². The topological polar surface area (TPSA) is 56.8 Å². The van der Waals surface area contributed by atoms with Crippen molar-refractivity contribution in [1.82, 2.24) is 5.32 Å². The van der Waals surface area contributed by atoms with Crippen LogP contribution in [0.15, 0.2) is 48.5 Å². The van der Waals surface area contributed by atoms with Gasteiger partial charge in [0.05, 0.1) is 19.3 Å². The second-order valence-electron chi connectivity index (χ2n) is 6.73. The van der Waals surface area contributed by atoms with Crippen molar-refractivity contribution >= 4 is 5.91 Å². The zero-order chi connectivity index (χ0) is 19.1. The Bertz CT molecular complexity index is 751. The Labute approximate surface area is 160 Å². The van der Waals surface area contributed by atoms with E-state index in [1.165, 1.54) is 5.56 Å². The van der Waals surface area contributed by atoms with Crippen LogP contribution >= 0.6 is 0 Å². The molecular weight excluding hydrogens is 342 g/mol. The lowest BCUT2D eigenvalue weighted by Crippen LogP contribution is -2.44. The molecule has 1 saturated heterocycles. The lowest BCUT2D eigenvalue weighted by molar-refractivity contribution is 0.0486. The number of ether oxygens (including phenoxy) is 3. The molecule has 0 unspecified atom stereocenters. The molecule has 144 valence electrons. The number of carbonyl (C=O) groups excluding carboxylic acids is 1. The molecule has 0 atom stereocenters. The predicted molar refractivity (Wildman–Crippen MR) is 105 cm³/mol. The first-order valence-electron chi connectivity index (χ1n) is 9.41. The Morgan fingerprint density at radius 3 is 2.48 bits per heavy atom. The van der Waals surface area contributed by atoms with Gasteiger partial charge in [-0.2, -0.15) is 0 Å². The van der Waals surface area contributed by atoms with E-state index in [-0.39, 0.29) is 11.3 Å². The second-order valence-corrected chi connectivity index (χ2v) is 6.73. The summed E-state index contributed by atoms with van der Waals surface area (Å²) in [6, 6.07) is 15.5. The van der Waals surface area contributed by atoms with Gasteiger partial charge in [-0.3, -0.25) is 4.79 Å². The predicted octanol–water partition coefficient (Wildman–Crippen LogP) is 3.57. The van der Waals surface area contributed by atoms with E-state index in [2.05, 4.69) is 17.4 Å². The van der Waals surface area contributed by atoms with Gasteiger partial charge in [0.25, 0.3) is 5.91 Å². The largest absolute Gasteiger partial charge is 0.497 e. The smallest absolute Gasteiger partial charge is 0.255 e. The monoisotopic (exact) mass is 369 g/mol. The van der Waals surface area contributed by atoms with E-state index in [9.17, 15) is 4.79 Å². The van der Waals surface area contributed by atoms with Crippen LogP contribution in [0.5, 0.6) is 11.5 Å². The highest BCUT2D eigenvalue weighted by molar-refractivity contribution is 5.97. The van der Waals surface area contributed by atoms with Gasteiger partial charge in [-0.05, 0) is 49.6 Å². The molecule has 0 spiro atoms. The molecule has 1 N–H and O–H groups in total. The molecule has 0 saturated carbocycles. The molecule has 0 aliphatic carbocycles. The summed E-state index contributed by atoms with van der Waals surface area (Å²) >= 11 is 0. The first-order chi connectivity index (χ1) is 13.2. The maximum absolute atomic E-state index is 12.8. The van der Waals surface area contributed by atoms with Gasteiger partial charge in [-0.1, -0.05) is 24.3 Å². The van der Waals surface area contributed by atoms with E-state index in [4.69, 9.17) is 14.2 Å². The third kappa shape index (κ3) is 4.42. The maximum atomic E-state index is 12.8. The molecule has 1 heterocycles. The normalized spacial score (nSPS) is 15.8.